The number of esters is 1. The average molecular weight is 250 g/mol. The lowest BCUT2D eigenvalue weighted by Gasteiger charge is -2.05. The van der Waals surface area contributed by atoms with Crippen LogP contribution in [0, 0.1) is 0 Å². The largest absolute Gasteiger partial charge is 0.497 e. The van der Waals surface area contributed by atoms with Gasteiger partial charge in [0.05, 0.1) is 13.7 Å². The first-order chi connectivity index (χ1) is 8.67. The number of methoxy groups -OCH3 is 1. The van der Waals surface area contributed by atoms with Gasteiger partial charge in [0, 0.05) is 5.57 Å². The van der Waals surface area contributed by atoms with Gasteiger partial charge in [-0.2, -0.15) is 0 Å². The van der Waals surface area contributed by atoms with Gasteiger partial charge in [0.2, 0.25) is 0 Å². The molecule has 0 aliphatic heterocycles. The number of ether oxygens (including phenoxy) is 3. The van der Waals surface area contributed by atoms with Gasteiger partial charge < -0.3 is 14.2 Å². The van der Waals surface area contributed by atoms with Crippen LogP contribution < -0.4 is 9.47 Å². The van der Waals surface area contributed by atoms with Crippen molar-refractivity contribution in [3.8, 4) is 11.5 Å². The van der Waals surface area contributed by atoms with Crippen LogP contribution in [0.25, 0.3) is 0 Å². The summed E-state index contributed by atoms with van der Waals surface area (Å²) in [4.78, 5) is 11.3. The highest BCUT2D eigenvalue weighted by Gasteiger charge is 2.03. The number of carbonyl (C=O) groups is 1. The van der Waals surface area contributed by atoms with Crippen molar-refractivity contribution in [3.63, 3.8) is 0 Å². The van der Waals surface area contributed by atoms with E-state index in [0.717, 1.165) is 11.5 Å². The summed E-state index contributed by atoms with van der Waals surface area (Å²) in [6.07, 6.45) is 1.70. The molecule has 0 aliphatic rings. The smallest absolute Gasteiger partial charge is 0.333 e. The topological polar surface area (TPSA) is 44.8 Å². The SMILES string of the molecule is CCOC(=O)/C(C)=C/COc1ccc(OC)cc1. The van der Waals surface area contributed by atoms with Gasteiger partial charge in [-0.05, 0) is 44.2 Å². The van der Waals surface area contributed by atoms with E-state index in [1.54, 1.807) is 27.0 Å². The van der Waals surface area contributed by atoms with Crippen LogP contribution in [-0.2, 0) is 9.53 Å². The molecule has 0 aliphatic carbocycles. The zero-order valence-electron chi connectivity index (χ0n) is 10.9. The lowest BCUT2D eigenvalue weighted by Crippen LogP contribution is -2.06. The molecule has 0 bridgehead atoms. The molecule has 0 spiro atoms. The number of rotatable bonds is 6. The van der Waals surface area contributed by atoms with Crippen molar-refractivity contribution in [1.82, 2.24) is 0 Å². The van der Waals surface area contributed by atoms with E-state index < -0.39 is 0 Å². The van der Waals surface area contributed by atoms with Gasteiger partial charge in [0.1, 0.15) is 18.1 Å². The summed E-state index contributed by atoms with van der Waals surface area (Å²) < 4.78 is 15.4. The lowest BCUT2D eigenvalue weighted by molar-refractivity contribution is -0.138. The van der Waals surface area contributed by atoms with Gasteiger partial charge in [0.15, 0.2) is 0 Å². The van der Waals surface area contributed by atoms with E-state index >= 15 is 0 Å². The Morgan fingerprint density at radius 2 is 1.83 bits per heavy atom. The third kappa shape index (κ3) is 4.49. The molecule has 0 atom stereocenters. The van der Waals surface area contributed by atoms with Gasteiger partial charge in [0.25, 0.3) is 0 Å². The molecule has 0 unspecified atom stereocenters. The zero-order chi connectivity index (χ0) is 13.4. The van der Waals surface area contributed by atoms with Gasteiger partial charge in [-0.15, -0.1) is 0 Å². The van der Waals surface area contributed by atoms with Gasteiger partial charge in [-0.1, -0.05) is 0 Å². The molecule has 0 heterocycles. The van der Waals surface area contributed by atoms with Crippen molar-refractivity contribution >= 4 is 5.97 Å². The Kier molecular flexibility index (Phi) is 5.77. The molecule has 0 N–H and O–H groups in total. The van der Waals surface area contributed by atoms with Crippen molar-refractivity contribution in [2.45, 2.75) is 13.8 Å². The monoisotopic (exact) mass is 250 g/mol. The molecule has 98 valence electrons. The van der Waals surface area contributed by atoms with E-state index in [1.807, 2.05) is 24.3 Å². The molecule has 4 heteroatoms. The molecule has 4 nitrogen and oxygen atoms in total. The third-order valence-electron chi connectivity index (χ3n) is 2.30. The molecule has 0 fully saturated rings. The van der Waals surface area contributed by atoms with Crippen LogP contribution >= 0.6 is 0 Å². The maximum absolute atomic E-state index is 11.3. The summed E-state index contributed by atoms with van der Waals surface area (Å²) in [7, 11) is 1.61. The van der Waals surface area contributed by atoms with E-state index in [9.17, 15) is 4.79 Å². The van der Waals surface area contributed by atoms with Crippen LogP contribution in [0.5, 0.6) is 11.5 Å². The molecule has 0 radical (unpaired) electrons. The first-order valence-electron chi connectivity index (χ1n) is 5.78. The average Bonchev–Trinajstić information content (AvgIpc) is 2.39. The summed E-state index contributed by atoms with van der Waals surface area (Å²) >= 11 is 0. The maximum Gasteiger partial charge on any atom is 0.333 e. The van der Waals surface area contributed by atoms with E-state index in [-0.39, 0.29) is 5.97 Å². The fourth-order valence-corrected chi connectivity index (χ4v) is 1.26. The molecule has 1 aromatic rings. The minimum Gasteiger partial charge on any atom is -0.497 e. The summed E-state index contributed by atoms with van der Waals surface area (Å²) in [5.74, 6) is 1.19. The van der Waals surface area contributed by atoms with Crippen molar-refractivity contribution in [1.29, 1.82) is 0 Å². The van der Waals surface area contributed by atoms with Crippen LogP contribution in [0.2, 0.25) is 0 Å². The van der Waals surface area contributed by atoms with Crippen molar-refractivity contribution < 1.29 is 19.0 Å². The van der Waals surface area contributed by atoms with Gasteiger partial charge in [-0.3, -0.25) is 0 Å². The highest BCUT2D eigenvalue weighted by Crippen LogP contribution is 2.16. The second-order valence-electron chi connectivity index (χ2n) is 3.59. The highest BCUT2D eigenvalue weighted by atomic mass is 16.5. The summed E-state index contributed by atoms with van der Waals surface area (Å²) in [6, 6.07) is 7.26. The Morgan fingerprint density at radius 3 is 2.39 bits per heavy atom. The molecule has 18 heavy (non-hydrogen) atoms. The van der Waals surface area contributed by atoms with E-state index in [0.29, 0.717) is 18.8 Å². The van der Waals surface area contributed by atoms with Crippen LogP contribution in [0.15, 0.2) is 35.9 Å². The first kappa shape index (κ1) is 14.1. The summed E-state index contributed by atoms with van der Waals surface area (Å²) in [6.45, 7) is 4.19. The Labute approximate surface area is 107 Å². The van der Waals surface area contributed by atoms with Crippen molar-refractivity contribution in [3.05, 3.63) is 35.9 Å². The molecular formula is C14H18O4. The maximum atomic E-state index is 11.3. The zero-order valence-corrected chi connectivity index (χ0v) is 10.9. The minimum absolute atomic E-state index is 0.309. The van der Waals surface area contributed by atoms with E-state index in [1.165, 1.54) is 0 Å². The molecule has 0 aromatic heterocycles. The predicted octanol–water partition coefficient (Wildman–Crippen LogP) is 2.58. The number of hydrogen-bond acceptors (Lipinski definition) is 4. The molecule has 1 aromatic carbocycles. The van der Waals surface area contributed by atoms with Crippen LogP contribution in [-0.4, -0.2) is 26.3 Å². The van der Waals surface area contributed by atoms with Gasteiger partial charge in [-0.25, -0.2) is 4.79 Å². The quantitative estimate of drug-likeness (QED) is 0.575. The Morgan fingerprint density at radius 1 is 1.22 bits per heavy atom. The molecular weight excluding hydrogens is 232 g/mol. The minimum atomic E-state index is -0.309. The number of hydrogen-bond donors (Lipinski definition) is 0. The second kappa shape index (κ2) is 7.37. The van der Waals surface area contributed by atoms with Crippen LogP contribution in [0.1, 0.15) is 13.8 Å². The number of carbonyl (C=O) groups excluding carboxylic acids is 1. The fraction of sp³-hybridized carbons (Fsp3) is 0.357. The molecule has 1 rings (SSSR count). The highest BCUT2D eigenvalue weighted by molar-refractivity contribution is 5.87. The normalized spacial score (nSPS) is 10.9. The lowest BCUT2D eigenvalue weighted by atomic mass is 10.3. The van der Waals surface area contributed by atoms with E-state index in [4.69, 9.17) is 14.2 Å². The third-order valence-corrected chi connectivity index (χ3v) is 2.30. The van der Waals surface area contributed by atoms with Crippen LogP contribution in [0.3, 0.4) is 0 Å². The van der Waals surface area contributed by atoms with Gasteiger partial charge >= 0.3 is 5.97 Å². The molecule has 0 saturated heterocycles. The predicted molar refractivity (Wildman–Crippen MR) is 68.9 cm³/mol. The first-order valence-corrected chi connectivity index (χ1v) is 5.78. The van der Waals surface area contributed by atoms with E-state index in [2.05, 4.69) is 0 Å². The summed E-state index contributed by atoms with van der Waals surface area (Å²) in [5, 5.41) is 0. The number of benzene rings is 1. The van der Waals surface area contributed by atoms with Crippen LogP contribution in [0.4, 0.5) is 0 Å². The Hall–Kier alpha value is -1.97. The molecule has 0 amide bonds. The second-order valence-corrected chi connectivity index (χ2v) is 3.59. The Balaban J connectivity index is 2.44. The fourth-order valence-electron chi connectivity index (χ4n) is 1.26. The molecule has 0 saturated carbocycles. The Bertz CT molecular complexity index is 406. The van der Waals surface area contributed by atoms with Crippen molar-refractivity contribution in [2.24, 2.45) is 0 Å². The van der Waals surface area contributed by atoms with Crippen molar-refractivity contribution in [2.75, 3.05) is 20.3 Å². The summed E-state index contributed by atoms with van der Waals surface area (Å²) in [5.41, 5.74) is 0.547. The standard InChI is InChI=1S/C14H18O4/c1-4-17-14(15)11(2)9-10-18-13-7-5-12(16-3)6-8-13/h5-9H,4,10H2,1-3H3/b11-9+.